The Morgan fingerprint density at radius 3 is 1.00 bits per heavy atom. The second-order valence-electron chi connectivity index (χ2n) is 3.91. The summed E-state index contributed by atoms with van der Waals surface area (Å²) in [6.07, 6.45) is 32.1. The highest BCUT2D eigenvalue weighted by Crippen LogP contribution is 1.86. The lowest BCUT2D eigenvalue weighted by molar-refractivity contribution is -0.131. The van der Waals surface area contributed by atoms with Crippen LogP contribution in [-0.2, 0) is 9.59 Å². The lowest BCUT2D eigenvalue weighted by Gasteiger charge is -1.76. The summed E-state index contributed by atoms with van der Waals surface area (Å²) in [5.41, 5.74) is 0. The van der Waals surface area contributed by atoms with Gasteiger partial charge >= 0.3 is 5.97 Å². The number of aldehydes is 1. The average Bonchev–Trinajstić information content (AvgIpc) is 2.53. The molecule has 0 aliphatic carbocycles. The summed E-state index contributed by atoms with van der Waals surface area (Å²) in [7, 11) is 0. The van der Waals surface area contributed by atoms with Crippen LogP contribution in [0.3, 0.4) is 0 Å². The van der Waals surface area contributed by atoms with Crippen LogP contribution in [0.15, 0.2) is 109 Å². The van der Waals surface area contributed by atoms with Crippen LogP contribution in [0, 0.1) is 0 Å². The molecule has 23 heavy (non-hydrogen) atoms. The summed E-state index contributed by atoms with van der Waals surface area (Å²) >= 11 is 0. The molecule has 3 heteroatoms. The molecule has 0 rings (SSSR count). The zero-order valence-corrected chi connectivity index (χ0v) is 12.7. The van der Waals surface area contributed by atoms with Gasteiger partial charge in [0.2, 0.25) is 0 Å². The molecule has 0 aliphatic heterocycles. The van der Waals surface area contributed by atoms with Crippen LogP contribution in [0.25, 0.3) is 0 Å². The minimum absolute atomic E-state index is 0.730. The van der Waals surface area contributed by atoms with Crippen LogP contribution in [0.5, 0.6) is 0 Å². The third-order valence-corrected chi connectivity index (χ3v) is 2.10. The van der Waals surface area contributed by atoms with Gasteiger partial charge in [0.25, 0.3) is 0 Å². The predicted molar refractivity (Wildman–Crippen MR) is 96.0 cm³/mol. The van der Waals surface area contributed by atoms with Crippen molar-refractivity contribution < 1.29 is 14.7 Å². The van der Waals surface area contributed by atoms with Gasteiger partial charge in [-0.2, -0.15) is 0 Å². The molecule has 0 aromatic heterocycles. The Balaban J connectivity index is 3.92. The zero-order valence-electron chi connectivity index (χ0n) is 12.7. The first kappa shape index (κ1) is 19.8. The molecular formula is C20H20O3. The maximum atomic E-state index is 10.2. The Labute approximate surface area is 137 Å². The monoisotopic (exact) mass is 308 g/mol. The molecule has 0 spiro atoms. The predicted octanol–water partition coefficient (Wildman–Crippen LogP) is 4.28. The van der Waals surface area contributed by atoms with Gasteiger partial charge in [0.15, 0.2) is 0 Å². The number of aliphatic carboxylic acids is 1. The Morgan fingerprint density at radius 2 is 0.739 bits per heavy atom. The topological polar surface area (TPSA) is 54.4 Å². The zero-order chi connectivity index (χ0) is 17.0. The number of rotatable bonds is 10. The number of carboxylic acids is 1. The van der Waals surface area contributed by atoms with Gasteiger partial charge in [-0.05, 0) is 6.08 Å². The van der Waals surface area contributed by atoms with Gasteiger partial charge < -0.3 is 5.11 Å². The highest BCUT2D eigenvalue weighted by Gasteiger charge is 1.78. The van der Waals surface area contributed by atoms with Crippen LogP contribution in [0.4, 0.5) is 0 Å². The highest BCUT2D eigenvalue weighted by atomic mass is 16.4. The van der Waals surface area contributed by atoms with Gasteiger partial charge in [-0.1, -0.05) is 97.2 Å². The molecule has 3 nitrogen and oxygen atoms in total. The lowest BCUT2D eigenvalue weighted by atomic mass is 10.3. The van der Waals surface area contributed by atoms with Crippen LogP contribution >= 0.6 is 0 Å². The summed E-state index contributed by atoms with van der Waals surface area (Å²) < 4.78 is 0. The van der Waals surface area contributed by atoms with Crippen molar-refractivity contribution in [1.29, 1.82) is 0 Å². The van der Waals surface area contributed by atoms with Crippen molar-refractivity contribution in [3.63, 3.8) is 0 Å². The van der Waals surface area contributed by atoms with Crippen molar-refractivity contribution in [2.24, 2.45) is 0 Å². The van der Waals surface area contributed by atoms with Crippen LogP contribution in [-0.4, -0.2) is 17.4 Å². The first-order valence-corrected chi connectivity index (χ1v) is 6.95. The van der Waals surface area contributed by atoms with E-state index >= 15 is 0 Å². The molecule has 0 bridgehead atoms. The van der Waals surface area contributed by atoms with Crippen molar-refractivity contribution >= 4 is 12.3 Å². The van der Waals surface area contributed by atoms with Crippen molar-refractivity contribution in [2.75, 3.05) is 0 Å². The fourth-order valence-electron chi connectivity index (χ4n) is 1.15. The molecule has 0 fully saturated rings. The summed E-state index contributed by atoms with van der Waals surface area (Å²) in [6, 6.07) is 0. The van der Waals surface area contributed by atoms with E-state index in [9.17, 15) is 9.59 Å². The Morgan fingerprint density at radius 1 is 0.478 bits per heavy atom. The number of hydrogen-bond donors (Lipinski definition) is 1. The first-order valence-electron chi connectivity index (χ1n) is 6.95. The number of hydrogen-bond acceptors (Lipinski definition) is 2. The SMILES string of the molecule is O=CC=CC=CC=CC=CC=CC=CC=CC=CC=CC(=O)O. The van der Waals surface area contributed by atoms with Gasteiger partial charge in [0, 0.05) is 6.08 Å². The van der Waals surface area contributed by atoms with Gasteiger partial charge in [-0.3, -0.25) is 4.79 Å². The van der Waals surface area contributed by atoms with Gasteiger partial charge in [-0.15, -0.1) is 0 Å². The summed E-state index contributed by atoms with van der Waals surface area (Å²) in [4.78, 5) is 20.2. The Bertz CT molecular complexity index is 592. The Kier molecular flexibility index (Phi) is 14.5. The number of allylic oxidation sites excluding steroid dienone is 17. The van der Waals surface area contributed by atoms with Crippen molar-refractivity contribution in [3.05, 3.63) is 109 Å². The fraction of sp³-hybridized carbons (Fsp3) is 0. The van der Waals surface area contributed by atoms with E-state index in [1.165, 1.54) is 12.2 Å². The molecule has 0 aliphatic rings. The van der Waals surface area contributed by atoms with Crippen molar-refractivity contribution in [2.45, 2.75) is 0 Å². The minimum atomic E-state index is -0.961. The molecule has 0 amide bonds. The van der Waals surface area contributed by atoms with E-state index in [1.807, 2.05) is 60.8 Å². The lowest BCUT2D eigenvalue weighted by Crippen LogP contribution is -1.84. The van der Waals surface area contributed by atoms with Gasteiger partial charge in [0.05, 0.1) is 0 Å². The fourth-order valence-corrected chi connectivity index (χ4v) is 1.15. The quantitative estimate of drug-likeness (QED) is 0.372. The largest absolute Gasteiger partial charge is 0.478 e. The van der Waals surface area contributed by atoms with Gasteiger partial charge in [-0.25, -0.2) is 4.79 Å². The van der Waals surface area contributed by atoms with Gasteiger partial charge in [0.1, 0.15) is 6.29 Å². The number of carbonyl (C=O) groups excluding carboxylic acids is 1. The minimum Gasteiger partial charge on any atom is -0.478 e. The second kappa shape index (κ2) is 16.9. The van der Waals surface area contributed by atoms with E-state index in [0.717, 1.165) is 12.4 Å². The number of carbonyl (C=O) groups is 2. The Hall–Kier alpha value is -3.20. The molecule has 0 heterocycles. The molecule has 0 radical (unpaired) electrons. The molecule has 118 valence electrons. The van der Waals surface area contributed by atoms with Crippen molar-refractivity contribution in [1.82, 2.24) is 0 Å². The second-order valence-corrected chi connectivity index (χ2v) is 3.91. The molecule has 0 unspecified atom stereocenters. The van der Waals surface area contributed by atoms with Crippen LogP contribution < -0.4 is 0 Å². The molecule has 1 N–H and O–H groups in total. The van der Waals surface area contributed by atoms with Crippen LogP contribution in [0.1, 0.15) is 0 Å². The highest BCUT2D eigenvalue weighted by molar-refractivity contribution is 5.80. The maximum absolute atomic E-state index is 10.2. The summed E-state index contributed by atoms with van der Waals surface area (Å²) in [6.45, 7) is 0. The van der Waals surface area contributed by atoms with E-state index < -0.39 is 5.97 Å². The number of carboxylic acid groups (broad SMARTS) is 1. The summed E-state index contributed by atoms with van der Waals surface area (Å²) in [5.74, 6) is -0.961. The third kappa shape index (κ3) is 18.8. The molecule has 0 atom stereocenters. The first-order chi connectivity index (χ1) is 11.3. The molecule has 0 saturated heterocycles. The van der Waals surface area contributed by atoms with E-state index in [1.54, 1.807) is 30.4 Å². The standard InChI is InChI=1S/C20H20O3/c21-19-17-15-13-11-9-7-5-3-1-2-4-6-8-10-12-14-16-18-20(22)23/h1-19H,(H,22,23). The normalized spacial score (nSPS) is 13.9. The summed E-state index contributed by atoms with van der Waals surface area (Å²) in [5, 5.41) is 8.36. The third-order valence-electron chi connectivity index (χ3n) is 2.10. The molecule has 0 saturated carbocycles. The van der Waals surface area contributed by atoms with Crippen molar-refractivity contribution in [3.8, 4) is 0 Å². The molecule has 0 aromatic rings. The van der Waals surface area contributed by atoms with Crippen LogP contribution in [0.2, 0.25) is 0 Å². The maximum Gasteiger partial charge on any atom is 0.328 e. The van der Waals surface area contributed by atoms with E-state index in [4.69, 9.17) is 5.11 Å². The molecule has 0 aromatic carbocycles. The van der Waals surface area contributed by atoms with E-state index in [2.05, 4.69) is 0 Å². The smallest absolute Gasteiger partial charge is 0.328 e. The average molecular weight is 308 g/mol. The molecular weight excluding hydrogens is 288 g/mol. The van der Waals surface area contributed by atoms with E-state index in [0.29, 0.717) is 0 Å². The van der Waals surface area contributed by atoms with E-state index in [-0.39, 0.29) is 0 Å².